The standard InChI is InChI=1S/C57H41N/c1-56(2)47-21-11-7-15-37(47)39-28-25-35(32-49(39)56)34-26-30-43-46(31-34)53(36-27-29-40-38-16-8-12-22-48(38)57(3,4)50(40)33-36)41-17-5-6-18-42(41)54(43)55-44-19-9-13-23-51(44)58-52-24-14-10-20-45(52)55/h5-33H,1-4H3. The fraction of sp³-hybridized carbons (Fsp3) is 0.105. The molecular formula is C57H41N. The highest BCUT2D eigenvalue weighted by Crippen LogP contribution is 2.53. The first-order valence-corrected chi connectivity index (χ1v) is 20.5. The maximum Gasteiger partial charge on any atom is 0.0715 e. The molecule has 0 N–H and O–H groups in total. The average molecular weight is 740 g/mol. The van der Waals surface area contributed by atoms with Gasteiger partial charge in [0.15, 0.2) is 0 Å². The predicted octanol–water partition coefficient (Wildman–Crippen LogP) is 15.3. The Kier molecular flexibility index (Phi) is 6.81. The largest absolute Gasteiger partial charge is 0.248 e. The molecule has 1 heterocycles. The average Bonchev–Trinajstić information content (AvgIpc) is 3.63. The fourth-order valence-corrected chi connectivity index (χ4v) is 10.8. The molecule has 0 saturated heterocycles. The van der Waals surface area contributed by atoms with E-state index in [1.54, 1.807) is 0 Å². The molecule has 0 saturated carbocycles. The molecule has 10 aromatic rings. The van der Waals surface area contributed by atoms with Gasteiger partial charge >= 0.3 is 0 Å². The molecule has 0 radical (unpaired) electrons. The van der Waals surface area contributed by atoms with Crippen molar-refractivity contribution in [1.29, 1.82) is 0 Å². The third-order valence-corrected chi connectivity index (χ3v) is 13.7. The van der Waals surface area contributed by atoms with Gasteiger partial charge in [-0.15, -0.1) is 0 Å². The summed E-state index contributed by atoms with van der Waals surface area (Å²) in [7, 11) is 0. The second-order valence-electron chi connectivity index (χ2n) is 17.4. The van der Waals surface area contributed by atoms with Gasteiger partial charge in [-0.05, 0) is 124 Å². The van der Waals surface area contributed by atoms with E-state index in [1.807, 2.05) is 0 Å². The fourth-order valence-electron chi connectivity index (χ4n) is 10.8. The van der Waals surface area contributed by atoms with Crippen molar-refractivity contribution in [3.63, 3.8) is 0 Å². The Hall–Kier alpha value is -6.83. The molecule has 0 amide bonds. The van der Waals surface area contributed by atoms with E-state index in [2.05, 4.69) is 204 Å². The predicted molar refractivity (Wildman–Crippen MR) is 246 cm³/mol. The third-order valence-electron chi connectivity index (χ3n) is 13.7. The van der Waals surface area contributed by atoms with Crippen LogP contribution in [-0.4, -0.2) is 4.98 Å². The summed E-state index contributed by atoms with van der Waals surface area (Å²) in [5.74, 6) is 0. The Balaban J connectivity index is 1.19. The van der Waals surface area contributed by atoms with Gasteiger partial charge in [0.05, 0.1) is 11.0 Å². The molecule has 0 unspecified atom stereocenters. The molecule has 0 fully saturated rings. The molecule has 0 atom stereocenters. The van der Waals surface area contributed by atoms with E-state index in [4.69, 9.17) is 4.98 Å². The molecule has 12 rings (SSSR count). The Morgan fingerprint density at radius 3 is 1.29 bits per heavy atom. The lowest BCUT2D eigenvalue weighted by atomic mass is 9.79. The van der Waals surface area contributed by atoms with Crippen molar-refractivity contribution in [3.05, 3.63) is 198 Å². The summed E-state index contributed by atoms with van der Waals surface area (Å²) in [5.41, 5.74) is 20.3. The minimum absolute atomic E-state index is 0.0778. The number of fused-ring (bicyclic) bond motifs is 10. The zero-order valence-electron chi connectivity index (χ0n) is 33.2. The van der Waals surface area contributed by atoms with Gasteiger partial charge in [-0.25, -0.2) is 4.98 Å². The number of hydrogen-bond acceptors (Lipinski definition) is 1. The molecule has 1 aromatic heterocycles. The second-order valence-corrected chi connectivity index (χ2v) is 17.4. The van der Waals surface area contributed by atoms with Crippen molar-refractivity contribution in [2.75, 3.05) is 0 Å². The van der Waals surface area contributed by atoms with Gasteiger partial charge in [0.2, 0.25) is 0 Å². The van der Waals surface area contributed by atoms with Crippen LogP contribution in [0.1, 0.15) is 49.9 Å². The number of hydrogen-bond donors (Lipinski definition) is 0. The van der Waals surface area contributed by atoms with Crippen LogP contribution in [0.5, 0.6) is 0 Å². The highest BCUT2D eigenvalue weighted by molar-refractivity contribution is 6.27. The van der Waals surface area contributed by atoms with E-state index < -0.39 is 0 Å². The van der Waals surface area contributed by atoms with Crippen molar-refractivity contribution >= 4 is 43.4 Å². The number of benzene rings is 9. The first-order valence-electron chi connectivity index (χ1n) is 20.5. The van der Waals surface area contributed by atoms with Gasteiger partial charge < -0.3 is 0 Å². The lowest BCUT2D eigenvalue weighted by Crippen LogP contribution is -2.15. The number of nitrogens with zero attached hydrogens (tertiary/aromatic N) is 1. The molecule has 0 bridgehead atoms. The van der Waals surface area contributed by atoms with Crippen molar-refractivity contribution in [2.24, 2.45) is 0 Å². The van der Waals surface area contributed by atoms with Gasteiger partial charge in [0, 0.05) is 27.2 Å². The molecule has 1 heteroatoms. The van der Waals surface area contributed by atoms with Crippen molar-refractivity contribution in [1.82, 2.24) is 4.98 Å². The van der Waals surface area contributed by atoms with Crippen LogP contribution in [0.3, 0.4) is 0 Å². The van der Waals surface area contributed by atoms with Crippen LogP contribution in [-0.2, 0) is 10.8 Å². The number of pyridine rings is 1. The Bertz CT molecular complexity index is 3340. The molecule has 58 heavy (non-hydrogen) atoms. The van der Waals surface area contributed by atoms with Crippen molar-refractivity contribution in [2.45, 2.75) is 38.5 Å². The SMILES string of the molecule is CC1(C)c2ccccc2-c2ccc(-c3ccc4c(-c5c6ccccc6nc6ccccc56)c5ccccc5c(-c5ccc6c(c5)C(C)(C)c5ccccc5-6)c4c3)cc21. The number of para-hydroxylation sites is 2. The molecule has 2 aliphatic rings. The van der Waals surface area contributed by atoms with E-state index in [9.17, 15) is 0 Å². The Morgan fingerprint density at radius 1 is 0.293 bits per heavy atom. The van der Waals surface area contributed by atoms with Crippen LogP contribution in [0, 0.1) is 0 Å². The zero-order valence-corrected chi connectivity index (χ0v) is 33.2. The highest BCUT2D eigenvalue weighted by atomic mass is 14.7. The Labute approximate surface area is 339 Å². The van der Waals surface area contributed by atoms with E-state index in [1.165, 1.54) is 110 Å². The summed E-state index contributed by atoms with van der Waals surface area (Å²) in [6.45, 7) is 9.50. The van der Waals surface area contributed by atoms with Crippen LogP contribution in [0.4, 0.5) is 0 Å². The molecule has 1 nitrogen and oxygen atoms in total. The Morgan fingerprint density at radius 2 is 0.690 bits per heavy atom. The topological polar surface area (TPSA) is 12.9 Å². The third kappa shape index (κ3) is 4.50. The van der Waals surface area contributed by atoms with Gasteiger partial charge in [-0.1, -0.05) is 173 Å². The quantitative estimate of drug-likeness (QED) is 0.164. The second kappa shape index (κ2) is 11.9. The van der Waals surface area contributed by atoms with Crippen LogP contribution < -0.4 is 0 Å². The summed E-state index contributed by atoms with van der Waals surface area (Å²) >= 11 is 0. The van der Waals surface area contributed by atoms with Gasteiger partial charge in [0.1, 0.15) is 0 Å². The van der Waals surface area contributed by atoms with Crippen LogP contribution in [0.15, 0.2) is 176 Å². The smallest absolute Gasteiger partial charge is 0.0715 e. The molecule has 0 aliphatic heterocycles. The normalized spacial score (nSPS) is 14.5. The summed E-state index contributed by atoms with van der Waals surface area (Å²) in [4.78, 5) is 5.16. The molecule has 9 aromatic carbocycles. The van der Waals surface area contributed by atoms with E-state index >= 15 is 0 Å². The summed E-state index contributed by atoms with van der Waals surface area (Å²) in [6, 6.07) is 65.9. The zero-order chi connectivity index (χ0) is 38.9. The number of aromatic nitrogens is 1. The van der Waals surface area contributed by atoms with Crippen molar-refractivity contribution < 1.29 is 0 Å². The highest BCUT2D eigenvalue weighted by Gasteiger charge is 2.37. The van der Waals surface area contributed by atoms with Crippen LogP contribution in [0.2, 0.25) is 0 Å². The molecule has 2 aliphatic carbocycles. The minimum Gasteiger partial charge on any atom is -0.248 e. The first-order chi connectivity index (χ1) is 28.3. The molecule has 0 spiro atoms. The minimum atomic E-state index is -0.109. The number of rotatable bonds is 3. The molecule has 274 valence electrons. The maximum atomic E-state index is 5.16. The van der Waals surface area contributed by atoms with E-state index in [0.29, 0.717) is 0 Å². The molecular weight excluding hydrogens is 699 g/mol. The lowest BCUT2D eigenvalue weighted by Gasteiger charge is -2.24. The first kappa shape index (κ1) is 33.3. The van der Waals surface area contributed by atoms with E-state index in [-0.39, 0.29) is 10.8 Å². The van der Waals surface area contributed by atoms with Gasteiger partial charge in [-0.3, -0.25) is 0 Å². The van der Waals surface area contributed by atoms with Gasteiger partial charge in [-0.2, -0.15) is 0 Å². The summed E-state index contributed by atoms with van der Waals surface area (Å²) in [5, 5.41) is 7.34. The monoisotopic (exact) mass is 739 g/mol. The summed E-state index contributed by atoms with van der Waals surface area (Å²) < 4.78 is 0. The van der Waals surface area contributed by atoms with Crippen LogP contribution in [0.25, 0.3) is 99.0 Å². The van der Waals surface area contributed by atoms with Gasteiger partial charge in [0.25, 0.3) is 0 Å². The lowest BCUT2D eigenvalue weighted by molar-refractivity contribution is 0.660. The van der Waals surface area contributed by atoms with E-state index in [0.717, 1.165) is 11.0 Å². The van der Waals surface area contributed by atoms with Crippen molar-refractivity contribution in [3.8, 4) is 55.6 Å². The summed E-state index contributed by atoms with van der Waals surface area (Å²) in [6.07, 6.45) is 0. The van der Waals surface area contributed by atoms with Crippen LogP contribution >= 0.6 is 0 Å². The maximum absolute atomic E-state index is 5.16.